The fourth-order valence-electron chi connectivity index (χ4n) is 2.19. The normalized spacial score (nSPS) is 15.5. The van der Waals surface area contributed by atoms with Gasteiger partial charge in [-0.05, 0) is 11.5 Å². The first-order valence-corrected chi connectivity index (χ1v) is 6.37. The Balaban J connectivity index is 1.82. The van der Waals surface area contributed by atoms with Gasteiger partial charge in [-0.2, -0.15) is 0 Å². The van der Waals surface area contributed by atoms with E-state index in [4.69, 9.17) is 9.47 Å². The van der Waals surface area contributed by atoms with Crippen molar-refractivity contribution in [3.05, 3.63) is 42.5 Å². The largest absolute Gasteiger partial charge is 0.415 e. The highest BCUT2D eigenvalue weighted by atomic mass is 16.6. The number of morpholine rings is 1. The molecular weight excluding hydrogens is 242 g/mol. The second kappa shape index (κ2) is 5.28. The summed E-state index contributed by atoms with van der Waals surface area (Å²) in [6.07, 6.45) is -0.306. The molecule has 1 fully saturated rings. The number of amides is 1. The number of ether oxygens (including phenoxy) is 2. The molecular formula is C15H15NO3. The molecule has 0 radical (unpaired) electrons. The molecule has 3 rings (SSSR count). The third-order valence-electron chi connectivity index (χ3n) is 3.22. The van der Waals surface area contributed by atoms with Gasteiger partial charge in [0, 0.05) is 18.5 Å². The number of carbonyl (C=O) groups excluding carboxylic acids is 1. The zero-order valence-corrected chi connectivity index (χ0v) is 10.5. The van der Waals surface area contributed by atoms with E-state index >= 15 is 0 Å². The zero-order chi connectivity index (χ0) is 13.1. The third-order valence-corrected chi connectivity index (χ3v) is 3.22. The molecule has 98 valence electrons. The lowest BCUT2D eigenvalue weighted by molar-refractivity contribution is 0.0417. The average Bonchev–Trinajstić information content (AvgIpc) is 2.48. The second-order valence-corrected chi connectivity index (χ2v) is 4.44. The lowest BCUT2D eigenvalue weighted by Gasteiger charge is -2.26. The Labute approximate surface area is 111 Å². The van der Waals surface area contributed by atoms with Crippen LogP contribution in [-0.2, 0) is 4.74 Å². The highest BCUT2D eigenvalue weighted by Crippen LogP contribution is 2.25. The molecule has 0 spiro atoms. The fraction of sp³-hybridized carbons (Fsp3) is 0.267. The molecule has 0 saturated carbocycles. The molecule has 19 heavy (non-hydrogen) atoms. The van der Waals surface area contributed by atoms with Crippen LogP contribution in [0.5, 0.6) is 5.75 Å². The quantitative estimate of drug-likeness (QED) is 0.788. The maximum Gasteiger partial charge on any atom is 0.415 e. The van der Waals surface area contributed by atoms with Gasteiger partial charge in [-0.25, -0.2) is 4.79 Å². The van der Waals surface area contributed by atoms with Gasteiger partial charge in [0.15, 0.2) is 0 Å². The summed E-state index contributed by atoms with van der Waals surface area (Å²) in [5, 5.41) is 2.02. The van der Waals surface area contributed by atoms with E-state index in [2.05, 4.69) is 0 Å². The fourth-order valence-corrected chi connectivity index (χ4v) is 2.19. The Kier molecular flexibility index (Phi) is 3.33. The summed E-state index contributed by atoms with van der Waals surface area (Å²) >= 11 is 0. The zero-order valence-electron chi connectivity index (χ0n) is 10.5. The van der Waals surface area contributed by atoms with Crippen molar-refractivity contribution >= 4 is 16.9 Å². The summed E-state index contributed by atoms with van der Waals surface area (Å²) in [5.74, 6) is 0.606. The van der Waals surface area contributed by atoms with E-state index in [1.54, 1.807) is 4.90 Å². The summed E-state index contributed by atoms with van der Waals surface area (Å²) in [5.41, 5.74) is 0. The number of hydrogen-bond acceptors (Lipinski definition) is 3. The van der Waals surface area contributed by atoms with Crippen molar-refractivity contribution in [1.29, 1.82) is 0 Å². The summed E-state index contributed by atoms with van der Waals surface area (Å²) in [6, 6.07) is 13.6. The van der Waals surface area contributed by atoms with Crippen LogP contribution >= 0.6 is 0 Å². The van der Waals surface area contributed by atoms with Crippen molar-refractivity contribution in [2.45, 2.75) is 0 Å². The monoisotopic (exact) mass is 257 g/mol. The summed E-state index contributed by atoms with van der Waals surface area (Å²) in [7, 11) is 0. The molecule has 0 bridgehead atoms. The van der Waals surface area contributed by atoms with Crippen molar-refractivity contribution < 1.29 is 14.3 Å². The van der Waals surface area contributed by atoms with Crippen LogP contribution in [-0.4, -0.2) is 37.3 Å². The smallest absolute Gasteiger partial charge is 0.410 e. The van der Waals surface area contributed by atoms with Crippen LogP contribution in [0.25, 0.3) is 10.8 Å². The molecule has 1 heterocycles. The van der Waals surface area contributed by atoms with E-state index in [1.165, 1.54) is 0 Å². The lowest BCUT2D eigenvalue weighted by atomic mass is 10.1. The molecule has 0 aliphatic carbocycles. The molecule has 0 unspecified atom stereocenters. The van der Waals surface area contributed by atoms with Crippen molar-refractivity contribution in [2.75, 3.05) is 26.3 Å². The number of rotatable bonds is 1. The standard InChI is InChI=1S/C15H15NO3/c17-15(16-8-10-18-11-9-16)19-14-7-3-5-12-4-1-2-6-13(12)14/h1-7H,8-11H2. The van der Waals surface area contributed by atoms with E-state index in [0.717, 1.165) is 10.8 Å². The predicted molar refractivity (Wildman–Crippen MR) is 72.4 cm³/mol. The lowest BCUT2D eigenvalue weighted by Crippen LogP contribution is -2.42. The molecule has 1 aliphatic heterocycles. The van der Waals surface area contributed by atoms with Gasteiger partial charge in [-0.15, -0.1) is 0 Å². The molecule has 1 saturated heterocycles. The second-order valence-electron chi connectivity index (χ2n) is 4.44. The van der Waals surface area contributed by atoms with Crippen molar-refractivity contribution in [1.82, 2.24) is 4.90 Å². The van der Waals surface area contributed by atoms with E-state index in [0.29, 0.717) is 32.1 Å². The molecule has 4 nitrogen and oxygen atoms in total. The van der Waals surface area contributed by atoms with Gasteiger partial charge in [0.1, 0.15) is 5.75 Å². The van der Waals surface area contributed by atoms with Crippen LogP contribution in [0.15, 0.2) is 42.5 Å². The maximum atomic E-state index is 12.1. The highest BCUT2D eigenvalue weighted by Gasteiger charge is 2.19. The van der Waals surface area contributed by atoms with Crippen LogP contribution in [0.4, 0.5) is 4.79 Å². The van der Waals surface area contributed by atoms with Gasteiger partial charge in [-0.1, -0.05) is 36.4 Å². The minimum absolute atomic E-state index is 0.306. The van der Waals surface area contributed by atoms with Crippen LogP contribution in [0, 0.1) is 0 Å². The molecule has 4 heteroatoms. The minimum Gasteiger partial charge on any atom is -0.410 e. The summed E-state index contributed by atoms with van der Waals surface area (Å²) in [6.45, 7) is 2.32. The van der Waals surface area contributed by atoms with Crippen molar-refractivity contribution in [3.63, 3.8) is 0 Å². The number of benzene rings is 2. The Morgan fingerprint density at radius 2 is 1.79 bits per heavy atom. The summed E-state index contributed by atoms with van der Waals surface area (Å²) < 4.78 is 10.7. The first-order chi connectivity index (χ1) is 9.34. The van der Waals surface area contributed by atoms with Gasteiger partial charge in [0.05, 0.1) is 13.2 Å². The van der Waals surface area contributed by atoms with E-state index < -0.39 is 0 Å². The van der Waals surface area contributed by atoms with Gasteiger partial charge in [0.25, 0.3) is 0 Å². The number of carbonyl (C=O) groups is 1. The molecule has 2 aromatic rings. The topological polar surface area (TPSA) is 38.8 Å². The number of nitrogens with zero attached hydrogens (tertiary/aromatic N) is 1. The Hall–Kier alpha value is -2.07. The van der Waals surface area contributed by atoms with Gasteiger partial charge in [0.2, 0.25) is 0 Å². The Morgan fingerprint density at radius 1 is 1.05 bits per heavy atom. The molecule has 0 aromatic heterocycles. The molecule has 0 N–H and O–H groups in total. The number of fused-ring (bicyclic) bond motifs is 1. The van der Waals surface area contributed by atoms with Crippen molar-refractivity contribution in [3.8, 4) is 5.75 Å². The first kappa shape index (κ1) is 12.0. The van der Waals surface area contributed by atoms with Gasteiger partial charge >= 0.3 is 6.09 Å². The van der Waals surface area contributed by atoms with Crippen molar-refractivity contribution in [2.24, 2.45) is 0 Å². The SMILES string of the molecule is O=C(Oc1cccc2ccccc12)N1CCOCC1. The van der Waals surface area contributed by atoms with Crippen LogP contribution in [0.2, 0.25) is 0 Å². The van der Waals surface area contributed by atoms with E-state index in [1.807, 2.05) is 42.5 Å². The van der Waals surface area contributed by atoms with Gasteiger partial charge < -0.3 is 14.4 Å². The van der Waals surface area contributed by atoms with Gasteiger partial charge in [-0.3, -0.25) is 0 Å². The minimum atomic E-state index is -0.306. The maximum absolute atomic E-state index is 12.1. The highest BCUT2D eigenvalue weighted by molar-refractivity contribution is 5.90. The molecule has 1 aliphatic rings. The molecule has 2 aromatic carbocycles. The van der Waals surface area contributed by atoms with Crippen LogP contribution < -0.4 is 4.74 Å². The predicted octanol–water partition coefficient (Wildman–Crippen LogP) is 2.67. The third kappa shape index (κ3) is 2.53. The molecule has 0 atom stereocenters. The Bertz CT molecular complexity index is 585. The van der Waals surface area contributed by atoms with E-state index in [9.17, 15) is 4.79 Å². The first-order valence-electron chi connectivity index (χ1n) is 6.37. The van der Waals surface area contributed by atoms with E-state index in [-0.39, 0.29) is 6.09 Å². The summed E-state index contributed by atoms with van der Waals surface area (Å²) in [4.78, 5) is 13.7. The molecule has 1 amide bonds. The Morgan fingerprint density at radius 3 is 2.63 bits per heavy atom. The van der Waals surface area contributed by atoms with Crippen LogP contribution in [0.3, 0.4) is 0 Å². The average molecular weight is 257 g/mol. The number of hydrogen-bond donors (Lipinski definition) is 0. The van der Waals surface area contributed by atoms with Crippen LogP contribution in [0.1, 0.15) is 0 Å².